The SMILES string of the molecule is CCNC(=NCc1cccnc1N(C)C)NCCOC. The van der Waals surface area contributed by atoms with Gasteiger partial charge >= 0.3 is 0 Å². The normalized spacial score (nSPS) is 11.3. The van der Waals surface area contributed by atoms with Gasteiger partial charge in [-0.05, 0) is 13.0 Å². The Labute approximate surface area is 121 Å². The second-order valence-electron chi connectivity index (χ2n) is 4.50. The second kappa shape index (κ2) is 9.14. The van der Waals surface area contributed by atoms with Crippen LogP contribution in [0.1, 0.15) is 12.5 Å². The van der Waals surface area contributed by atoms with Crippen LogP contribution in [0.15, 0.2) is 23.3 Å². The molecule has 0 aliphatic carbocycles. The Balaban J connectivity index is 2.71. The van der Waals surface area contributed by atoms with Crippen molar-refractivity contribution in [2.45, 2.75) is 13.5 Å². The fourth-order valence-corrected chi connectivity index (χ4v) is 1.73. The largest absolute Gasteiger partial charge is 0.383 e. The first-order valence-corrected chi connectivity index (χ1v) is 6.81. The molecule has 112 valence electrons. The second-order valence-corrected chi connectivity index (χ2v) is 4.50. The molecule has 0 unspecified atom stereocenters. The molecule has 0 bridgehead atoms. The van der Waals surface area contributed by atoms with E-state index in [9.17, 15) is 0 Å². The highest BCUT2D eigenvalue weighted by Gasteiger charge is 2.05. The van der Waals surface area contributed by atoms with E-state index in [4.69, 9.17) is 4.74 Å². The molecule has 2 N–H and O–H groups in total. The summed E-state index contributed by atoms with van der Waals surface area (Å²) in [6.45, 7) is 4.84. The maximum Gasteiger partial charge on any atom is 0.191 e. The van der Waals surface area contributed by atoms with Gasteiger partial charge in [-0.2, -0.15) is 0 Å². The summed E-state index contributed by atoms with van der Waals surface area (Å²) in [7, 11) is 5.65. The van der Waals surface area contributed by atoms with Crippen molar-refractivity contribution in [3.8, 4) is 0 Å². The number of aromatic nitrogens is 1. The molecule has 6 heteroatoms. The fraction of sp³-hybridized carbons (Fsp3) is 0.571. The third-order valence-electron chi connectivity index (χ3n) is 2.64. The summed E-state index contributed by atoms with van der Waals surface area (Å²) in [5.41, 5.74) is 1.10. The van der Waals surface area contributed by atoms with Gasteiger partial charge in [0.25, 0.3) is 0 Å². The Morgan fingerprint density at radius 1 is 1.40 bits per heavy atom. The summed E-state index contributed by atoms with van der Waals surface area (Å²) in [4.78, 5) is 10.9. The molecule has 0 radical (unpaired) electrons. The minimum atomic E-state index is 0.587. The summed E-state index contributed by atoms with van der Waals surface area (Å²) in [6, 6.07) is 3.98. The van der Waals surface area contributed by atoms with Crippen LogP contribution in [-0.4, -0.2) is 51.8 Å². The molecular weight excluding hydrogens is 254 g/mol. The van der Waals surface area contributed by atoms with E-state index in [2.05, 4.69) is 20.6 Å². The van der Waals surface area contributed by atoms with E-state index in [0.29, 0.717) is 13.2 Å². The summed E-state index contributed by atoms with van der Waals surface area (Å²) in [6.07, 6.45) is 1.80. The smallest absolute Gasteiger partial charge is 0.191 e. The molecule has 0 aromatic carbocycles. The first kappa shape index (κ1) is 16.2. The number of nitrogens with zero attached hydrogens (tertiary/aromatic N) is 3. The zero-order chi connectivity index (χ0) is 14.8. The van der Waals surface area contributed by atoms with Crippen molar-refractivity contribution in [3.63, 3.8) is 0 Å². The Morgan fingerprint density at radius 3 is 2.85 bits per heavy atom. The zero-order valence-electron chi connectivity index (χ0n) is 12.8. The molecule has 1 aromatic rings. The van der Waals surface area contributed by atoms with Gasteiger partial charge in [0.05, 0.1) is 13.2 Å². The molecule has 1 heterocycles. The maximum absolute atomic E-state index is 5.02. The lowest BCUT2D eigenvalue weighted by molar-refractivity contribution is 0.203. The Morgan fingerprint density at radius 2 is 2.20 bits per heavy atom. The van der Waals surface area contributed by atoms with Gasteiger partial charge in [0, 0.05) is 46.1 Å². The molecule has 0 aliphatic rings. The van der Waals surface area contributed by atoms with Crippen LogP contribution in [0.25, 0.3) is 0 Å². The molecule has 0 aliphatic heterocycles. The van der Waals surface area contributed by atoms with Gasteiger partial charge in [-0.3, -0.25) is 0 Å². The van der Waals surface area contributed by atoms with Gasteiger partial charge in [0.15, 0.2) is 5.96 Å². The van der Waals surface area contributed by atoms with Crippen LogP contribution in [-0.2, 0) is 11.3 Å². The van der Waals surface area contributed by atoms with Crippen LogP contribution in [0.3, 0.4) is 0 Å². The fourth-order valence-electron chi connectivity index (χ4n) is 1.73. The van der Waals surface area contributed by atoms with Crippen LogP contribution in [0.2, 0.25) is 0 Å². The molecule has 6 nitrogen and oxygen atoms in total. The predicted octanol–water partition coefficient (Wildman–Crippen LogP) is 0.849. The minimum Gasteiger partial charge on any atom is -0.383 e. The number of methoxy groups -OCH3 is 1. The van der Waals surface area contributed by atoms with Crippen molar-refractivity contribution in [1.29, 1.82) is 0 Å². The molecule has 1 rings (SSSR count). The van der Waals surface area contributed by atoms with Crippen molar-refractivity contribution in [1.82, 2.24) is 15.6 Å². The highest BCUT2D eigenvalue weighted by atomic mass is 16.5. The van der Waals surface area contributed by atoms with Gasteiger partial charge in [0.2, 0.25) is 0 Å². The Kier molecular flexibility index (Phi) is 7.42. The first-order valence-electron chi connectivity index (χ1n) is 6.81. The topological polar surface area (TPSA) is 61.8 Å². The Hall–Kier alpha value is -1.82. The summed E-state index contributed by atoms with van der Waals surface area (Å²) in [5, 5.41) is 6.43. The lowest BCUT2D eigenvalue weighted by Gasteiger charge is -2.15. The number of guanidine groups is 1. The number of anilines is 1. The van der Waals surface area contributed by atoms with E-state index < -0.39 is 0 Å². The number of ether oxygens (including phenoxy) is 1. The van der Waals surface area contributed by atoms with E-state index in [-0.39, 0.29) is 0 Å². The lowest BCUT2D eigenvalue weighted by atomic mass is 10.2. The molecule has 0 saturated heterocycles. The number of hydrogen-bond acceptors (Lipinski definition) is 4. The van der Waals surface area contributed by atoms with Crippen molar-refractivity contribution in [2.75, 3.05) is 45.8 Å². The lowest BCUT2D eigenvalue weighted by Crippen LogP contribution is -2.38. The third-order valence-corrected chi connectivity index (χ3v) is 2.64. The average Bonchev–Trinajstić information content (AvgIpc) is 2.45. The molecular formula is C14H25N5O. The van der Waals surface area contributed by atoms with Crippen LogP contribution >= 0.6 is 0 Å². The highest BCUT2D eigenvalue weighted by Crippen LogP contribution is 2.15. The third kappa shape index (κ3) is 5.44. The predicted molar refractivity (Wildman–Crippen MR) is 83.3 cm³/mol. The van der Waals surface area contributed by atoms with E-state index >= 15 is 0 Å². The van der Waals surface area contributed by atoms with Crippen molar-refractivity contribution in [2.24, 2.45) is 4.99 Å². The summed E-state index contributed by atoms with van der Waals surface area (Å²) in [5.74, 6) is 1.74. The number of hydrogen-bond donors (Lipinski definition) is 2. The van der Waals surface area contributed by atoms with Crippen LogP contribution in [0.4, 0.5) is 5.82 Å². The summed E-state index contributed by atoms with van der Waals surface area (Å²) >= 11 is 0. The number of aliphatic imine (C=N–C) groups is 1. The van der Waals surface area contributed by atoms with Gasteiger partial charge < -0.3 is 20.3 Å². The van der Waals surface area contributed by atoms with Gasteiger partial charge in [-0.15, -0.1) is 0 Å². The molecule has 0 spiro atoms. The molecule has 0 saturated carbocycles. The monoisotopic (exact) mass is 279 g/mol. The Bertz CT molecular complexity index is 420. The van der Waals surface area contributed by atoms with Crippen molar-refractivity contribution < 1.29 is 4.74 Å². The van der Waals surface area contributed by atoms with Crippen LogP contribution < -0.4 is 15.5 Å². The van der Waals surface area contributed by atoms with Crippen molar-refractivity contribution in [3.05, 3.63) is 23.9 Å². The minimum absolute atomic E-state index is 0.587. The van der Waals surface area contributed by atoms with E-state index in [1.54, 1.807) is 13.3 Å². The number of nitrogens with one attached hydrogen (secondary N) is 2. The molecule has 0 atom stereocenters. The molecule has 20 heavy (non-hydrogen) atoms. The van der Waals surface area contributed by atoms with Gasteiger partial charge in [-0.25, -0.2) is 9.98 Å². The maximum atomic E-state index is 5.02. The highest BCUT2D eigenvalue weighted by molar-refractivity contribution is 5.79. The average molecular weight is 279 g/mol. The van der Waals surface area contributed by atoms with Crippen LogP contribution in [0.5, 0.6) is 0 Å². The van der Waals surface area contributed by atoms with Gasteiger partial charge in [-0.1, -0.05) is 6.07 Å². The first-order chi connectivity index (χ1) is 9.69. The summed E-state index contributed by atoms with van der Waals surface area (Å²) < 4.78 is 5.02. The molecule has 0 fully saturated rings. The van der Waals surface area contributed by atoms with E-state index in [0.717, 1.165) is 30.4 Å². The zero-order valence-corrected chi connectivity index (χ0v) is 12.8. The number of rotatable bonds is 7. The standard InChI is InChI=1S/C14H25N5O/c1-5-15-14(17-9-10-20-4)18-11-12-7-6-8-16-13(12)19(2)3/h6-8H,5,9-11H2,1-4H3,(H2,15,17,18). The van der Waals surface area contributed by atoms with Gasteiger partial charge in [0.1, 0.15) is 5.82 Å². The van der Waals surface area contributed by atoms with E-state index in [1.807, 2.05) is 38.1 Å². The van der Waals surface area contributed by atoms with Crippen molar-refractivity contribution >= 4 is 11.8 Å². The van der Waals surface area contributed by atoms with Crippen LogP contribution in [0, 0.1) is 0 Å². The quantitative estimate of drug-likeness (QED) is 0.440. The molecule has 0 amide bonds. The molecule has 1 aromatic heterocycles. The van der Waals surface area contributed by atoms with E-state index in [1.165, 1.54) is 0 Å². The number of pyridine rings is 1.